The van der Waals surface area contributed by atoms with Crippen LogP contribution in [0.25, 0.3) is 0 Å². The maximum atomic E-state index is 12.2. The fraction of sp³-hybridized carbons (Fsp3) is 0. The molecule has 0 bridgehead atoms. The largest absolute Gasteiger partial charge is 0.457 e. The molecular weight excluding hydrogens is 292 g/mol. The average Bonchev–Trinajstić information content (AvgIpc) is 2.56. The van der Waals surface area contributed by atoms with Crippen molar-refractivity contribution in [3.8, 4) is 11.5 Å². The van der Waals surface area contributed by atoms with Crippen LogP contribution in [0.15, 0.2) is 67.1 Å². The van der Waals surface area contributed by atoms with Crippen LogP contribution in [0.5, 0.6) is 11.5 Å². The van der Waals surface area contributed by atoms with Crippen LogP contribution in [0.4, 0.5) is 11.5 Å². The number of nitrogens with one attached hydrogen (secondary N) is 1. The summed E-state index contributed by atoms with van der Waals surface area (Å²) in [6, 6.07) is 13.6. The van der Waals surface area contributed by atoms with Gasteiger partial charge in [-0.1, -0.05) is 6.07 Å². The standard InChI is InChI=1S/C17H14N4O2/c18-13-3-1-2-12(10-13)17(22)21-16-11-15(6-9-20-16)23-14-4-7-19-8-5-14/h1-11H,18H2,(H,20,21,22). The molecule has 6 heteroatoms. The zero-order valence-electron chi connectivity index (χ0n) is 12.1. The van der Waals surface area contributed by atoms with Crippen molar-refractivity contribution in [1.29, 1.82) is 0 Å². The molecule has 3 aromatic rings. The Kier molecular flexibility index (Phi) is 4.15. The number of carbonyl (C=O) groups excluding carboxylic acids is 1. The van der Waals surface area contributed by atoms with E-state index in [0.717, 1.165) is 0 Å². The van der Waals surface area contributed by atoms with E-state index < -0.39 is 0 Å². The predicted molar refractivity (Wildman–Crippen MR) is 87.4 cm³/mol. The number of nitrogens with two attached hydrogens (primary N) is 1. The molecule has 114 valence electrons. The Balaban J connectivity index is 1.74. The molecule has 23 heavy (non-hydrogen) atoms. The molecule has 2 aromatic heterocycles. The molecule has 1 amide bonds. The first-order chi connectivity index (χ1) is 11.2. The minimum Gasteiger partial charge on any atom is -0.457 e. The number of hydrogen-bond acceptors (Lipinski definition) is 5. The zero-order chi connectivity index (χ0) is 16.1. The summed E-state index contributed by atoms with van der Waals surface area (Å²) in [7, 11) is 0. The van der Waals surface area contributed by atoms with Gasteiger partial charge in [0.2, 0.25) is 0 Å². The number of anilines is 2. The smallest absolute Gasteiger partial charge is 0.256 e. The van der Waals surface area contributed by atoms with Gasteiger partial charge in [0.1, 0.15) is 17.3 Å². The van der Waals surface area contributed by atoms with E-state index in [2.05, 4.69) is 15.3 Å². The summed E-state index contributed by atoms with van der Waals surface area (Å²) in [5, 5.41) is 2.71. The number of benzene rings is 1. The van der Waals surface area contributed by atoms with Crippen LogP contribution in [0.3, 0.4) is 0 Å². The summed E-state index contributed by atoms with van der Waals surface area (Å²) in [6.07, 6.45) is 4.84. The molecule has 3 rings (SSSR count). The molecule has 0 aliphatic rings. The molecule has 0 saturated heterocycles. The quantitative estimate of drug-likeness (QED) is 0.723. The lowest BCUT2D eigenvalue weighted by Gasteiger charge is -2.08. The maximum Gasteiger partial charge on any atom is 0.256 e. The van der Waals surface area contributed by atoms with Gasteiger partial charge in [0.25, 0.3) is 5.91 Å². The Morgan fingerprint density at radius 3 is 2.57 bits per heavy atom. The number of aromatic nitrogens is 2. The SMILES string of the molecule is Nc1cccc(C(=O)Nc2cc(Oc3ccncc3)ccn2)c1. The van der Waals surface area contributed by atoms with Gasteiger partial charge in [0.05, 0.1) is 0 Å². The summed E-state index contributed by atoms with van der Waals surface area (Å²) < 4.78 is 5.67. The fourth-order valence-corrected chi connectivity index (χ4v) is 1.95. The number of carbonyl (C=O) groups is 1. The van der Waals surface area contributed by atoms with Crippen LogP contribution in [-0.4, -0.2) is 15.9 Å². The molecule has 0 aliphatic carbocycles. The highest BCUT2D eigenvalue weighted by atomic mass is 16.5. The number of ether oxygens (including phenoxy) is 1. The third-order valence-electron chi connectivity index (χ3n) is 3.01. The van der Waals surface area contributed by atoms with Gasteiger partial charge < -0.3 is 15.8 Å². The fourth-order valence-electron chi connectivity index (χ4n) is 1.95. The van der Waals surface area contributed by atoms with Gasteiger partial charge >= 0.3 is 0 Å². The highest BCUT2D eigenvalue weighted by molar-refractivity contribution is 6.04. The minimum absolute atomic E-state index is 0.286. The van der Waals surface area contributed by atoms with Gasteiger partial charge in [-0.25, -0.2) is 4.98 Å². The summed E-state index contributed by atoms with van der Waals surface area (Å²) in [4.78, 5) is 20.2. The number of nitrogen functional groups attached to an aromatic ring is 1. The van der Waals surface area contributed by atoms with Crippen molar-refractivity contribution in [3.63, 3.8) is 0 Å². The first-order valence-electron chi connectivity index (χ1n) is 6.91. The van der Waals surface area contributed by atoms with Gasteiger partial charge in [-0.15, -0.1) is 0 Å². The van der Waals surface area contributed by atoms with Crippen molar-refractivity contribution >= 4 is 17.4 Å². The van der Waals surface area contributed by atoms with Crippen molar-refractivity contribution in [2.45, 2.75) is 0 Å². The van der Waals surface area contributed by atoms with Crippen molar-refractivity contribution in [2.75, 3.05) is 11.1 Å². The lowest BCUT2D eigenvalue weighted by Crippen LogP contribution is -2.13. The van der Waals surface area contributed by atoms with Crippen molar-refractivity contribution in [3.05, 3.63) is 72.7 Å². The molecule has 0 atom stereocenters. The van der Waals surface area contributed by atoms with E-state index in [-0.39, 0.29) is 5.91 Å². The third kappa shape index (κ3) is 3.82. The highest BCUT2D eigenvalue weighted by Crippen LogP contribution is 2.22. The number of rotatable bonds is 4. The summed E-state index contributed by atoms with van der Waals surface area (Å²) >= 11 is 0. The van der Waals surface area contributed by atoms with Gasteiger partial charge in [0, 0.05) is 35.9 Å². The monoisotopic (exact) mass is 306 g/mol. The Morgan fingerprint density at radius 1 is 1.00 bits per heavy atom. The first-order valence-corrected chi connectivity index (χ1v) is 6.91. The van der Waals surface area contributed by atoms with Gasteiger partial charge in [-0.3, -0.25) is 9.78 Å². The lowest BCUT2D eigenvalue weighted by atomic mass is 10.2. The second-order valence-electron chi connectivity index (χ2n) is 4.74. The predicted octanol–water partition coefficient (Wildman–Crippen LogP) is 3.10. The number of hydrogen-bond donors (Lipinski definition) is 2. The molecule has 6 nitrogen and oxygen atoms in total. The number of amides is 1. The molecule has 0 saturated carbocycles. The molecule has 0 spiro atoms. The summed E-state index contributed by atoms with van der Waals surface area (Å²) in [5.41, 5.74) is 6.67. The van der Waals surface area contributed by atoms with E-state index in [1.165, 1.54) is 0 Å². The van der Waals surface area contributed by atoms with Crippen LogP contribution >= 0.6 is 0 Å². The van der Waals surface area contributed by atoms with Crippen LogP contribution in [0.1, 0.15) is 10.4 Å². The van der Waals surface area contributed by atoms with Crippen LogP contribution in [0, 0.1) is 0 Å². The van der Waals surface area contributed by atoms with Crippen molar-refractivity contribution < 1.29 is 9.53 Å². The second-order valence-corrected chi connectivity index (χ2v) is 4.74. The number of pyridine rings is 2. The summed E-state index contributed by atoms with van der Waals surface area (Å²) in [5.74, 6) is 1.32. The van der Waals surface area contributed by atoms with Crippen LogP contribution in [-0.2, 0) is 0 Å². The lowest BCUT2D eigenvalue weighted by molar-refractivity contribution is 0.102. The Bertz CT molecular complexity index is 822. The van der Waals surface area contributed by atoms with E-state index in [9.17, 15) is 4.79 Å². The number of nitrogens with zero attached hydrogens (tertiary/aromatic N) is 2. The molecule has 0 radical (unpaired) electrons. The van der Waals surface area contributed by atoms with Crippen molar-refractivity contribution in [1.82, 2.24) is 9.97 Å². The van der Waals surface area contributed by atoms with Gasteiger partial charge in [-0.05, 0) is 36.4 Å². The van der Waals surface area contributed by atoms with Crippen LogP contribution in [0.2, 0.25) is 0 Å². The molecule has 1 aromatic carbocycles. The minimum atomic E-state index is -0.286. The van der Waals surface area contributed by atoms with E-state index in [1.807, 2.05) is 0 Å². The molecule has 0 unspecified atom stereocenters. The van der Waals surface area contributed by atoms with Gasteiger partial charge in [-0.2, -0.15) is 0 Å². The second kappa shape index (κ2) is 6.57. The Morgan fingerprint density at radius 2 is 1.78 bits per heavy atom. The average molecular weight is 306 g/mol. The molecule has 0 aliphatic heterocycles. The van der Waals surface area contributed by atoms with Gasteiger partial charge in [0.15, 0.2) is 0 Å². The van der Waals surface area contributed by atoms with E-state index in [1.54, 1.807) is 67.1 Å². The zero-order valence-corrected chi connectivity index (χ0v) is 12.1. The Hall–Kier alpha value is -3.41. The molecule has 3 N–H and O–H groups in total. The first kappa shape index (κ1) is 14.5. The topological polar surface area (TPSA) is 90.1 Å². The van der Waals surface area contributed by atoms with Crippen LogP contribution < -0.4 is 15.8 Å². The third-order valence-corrected chi connectivity index (χ3v) is 3.01. The normalized spacial score (nSPS) is 10.1. The highest BCUT2D eigenvalue weighted by Gasteiger charge is 2.08. The van der Waals surface area contributed by atoms with E-state index >= 15 is 0 Å². The maximum absolute atomic E-state index is 12.2. The molecular formula is C17H14N4O2. The molecule has 2 heterocycles. The van der Waals surface area contributed by atoms with E-state index in [4.69, 9.17) is 10.5 Å². The van der Waals surface area contributed by atoms with E-state index in [0.29, 0.717) is 28.6 Å². The Labute approximate surface area is 133 Å². The van der Waals surface area contributed by atoms with Crippen molar-refractivity contribution in [2.24, 2.45) is 0 Å². The molecule has 0 fully saturated rings. The summed E-state index contributed by atoms with van der Waals surface area (Å²) in [6.45, 7) is 0.